The van der Waals surface area contributed by atoms with E-state index < -0.39 is 0 Å². The summed E-state index contributed by atoms with van der Waals surface area (Å²) >= 11 is 0. The van der Waals surface area contributed by atoms with Gasteiger partial charge in [-0.15, -0.1) is 6.42 Å². The maximum atomic E-state index is 12.2. The summed E-state index contributed by atoms with van der Waals surface area (Å²) in [7, 11) is 0. The van der Waals surface area contributed by atoms with Crippen molar-refractivity contribution in [2.24, 2.45) is 0 Å². The van der Waals surface area contributed by atoms with Gasteiger partial charge in [-0.05, 0) is 23.5 Å². The van der Waals surface area contributed by atoms with Gasteiger partial charge in [0.2, 0.25) is 0 Å². The van der Waals surface area contributed by atoms with Crippen LogP contribution in [0.25, 0.3) is 0 Å². The monoisotopic (exact) mass is 243 g/mol. The van der Waals surface area contributed by atoms with Crippen LogP contribution < -0.4 is 5.32 Å². The average Bonchev–Trinajstić information content (AvgIpc) is 2.34. The molecule has 1 amide bonds. The van der Waals surface area contributed by atoms with Crippen LogP contribution in [0.2, 0.25) is 0 Å². The van der Waals surface area contributed by atoms with Crippen LogP contribution in [0, 0.1) is 12.3 Å². The van der Waals surface area contributed by atoms with E-state index >= 15 is 0 Å². The van der Waals surface area contributed by atoms with Gasteiger partial charge in [0.25, 0.3) is 5.91 Å². The van der Waals surface area contributed by atoms with Crippen molar-refractivity contribution in [3.63, 3.8) is 0 Å². The van der Waals surface area contributed by atoms with Gasteiger partial charge >= 0.3 is 0 Å². The van der Waals surface area contributed by atoms with E-state index in [0.717, 1.165) is 12.0 Å². The van der Waals surface area contributed by atoms with E-state index in [2.05, 4.69) is 32.0 Å². The summed E-state index contributed by atoms with van der Waals surface area (Å²) in [5.41, 5.74) is 1.68. The minimum Gasteiger partial charge on any atom is -0.338 e. The van der Waals surface area contributed by atoms with Gasteiger partial charge in [0.1, 0.15) is 0 Å². The molecule has 2 nitrogen and oxygen atoms in total. The van der Waals surface area contributed by atoms with Crippen molar-refractivity contribution in [3.05, 3.63) is 35.4 Å². The Kier molecular flexibility index (Phi) is 4.55. The molecule has 0 spiro atoms. The van der Waals surface area contributed by atoms with Gasteiger partial charge in [-0.2, -0.15) is 0 Å². The second-order valence-corrected chi connectivity index (χ2v) is 5.40. The smallest absolute Gasteiger partial charge is 0.252 e. The summed E-state index contributed by atoms with van der Waals surface area (Å²) in [6.45, 7) is 8.24. The van der Waals surface area contributed by atoms with Crippen LogP contribution in [-0.2, 0) is 5.41 Å². The van der Waals surface area contributed by atoms with Gasteiger partial charge in [-0.3, -0.25) is 4.79 Å². The maximum absolute atomic E-state index is 12.2. The lowest BCUT2D eigenvalue weighted by Crippen LogP contribution is -2.34. The minimum atomic E-state index is -0.203. The van der Waals surface area contributed by atoms with Crippen molar-refractivity contribution in [1.82, 2.24) is 5.32 Å². The Balaban J connectivity index is 3.04. The highest BCUT2D eigenvalue weighted by molar-refractivity contribution is 5.96. The Labute approximate surface area is 110 Å². The van der Waals surface area contributed by atoms with Gasteiger partial charge in [0, 0.05) is 5.56 Å². The molecule has 1 rings (SSSR count). The first-order valence-corrected chi connectivity index (χ1v) is 6.26. The third-order valence-corrected chi connectivity index (χ3v) is 2.89. The summed E-state index contributed by atoms with van der Waals surface area (Å²) < 4.78 is 0. The molecule has 96 valence electrons. The fourth-order valence-electron chi connectivity index (χ4n) is 1.83. The molecule has 0 bridgehead atoms. The molecule has 1 N–H and O–H groups in total. The number of hydrogen-bond donors (Lipinski definition) is 1. The van der Waals surface area contributed by atoms with E-state index in [1.54, 1.807) is 0 Å². The summed E-state index contributed by atoms with van der Waals surface area (Å²) in [4.78, 5) is 12.2. The van der Waals surface area contributed by atoms with Gasteiger partial charge in [0.05, 0.1) is 6.04 Å². The van der Waals surface area contributed by atoms with Crippen molar-refractivity contribution in [2.75, 3.05) is 0 Å². The number of nitrogens with one attached hydrogen (secondary N) is 1. The molecule has 1 atom stereocenters. The van der Waals surface area contributed by atoms with E-state index in [4.69, 9.17) is 6.42 Å². The van der Waals surface area contributed by atoms with E-state index in [0.29, 0.717) is 5.56 Å². The maximum Gasteiger partial charge on any atom is 0.252 e. The number of hydrogen-bond acceptors (Lipinski definition) is 1. The fourth-order valence-corrected chi connectivity index (χ4v) is 1.83. The molecular weight excluding hydrogens is 222 g/mol. The molecule has 1 aromatic carbocycles. The Morgan fingerprint density at radius 1 is 1.39 bits per heavy atom. The molecule has 0 saturated heterocycles. The van der Waals surface area contributed by atoms with Crippen molar-refractivity contribution < 1.29 is 4.79 Å². The number of carbonyl (C=O) groups excluding carboxylic acids is 1. The lowest BCUT2D eigenvalue weighted by atomic mass is 9.83. The number of rotatable bonds is 3. The average molecular weight is 243 g/mol. The highest BCUT2D eigenvalue weighted by atomic mass is 16.1. The molecule has 1 unspecified atom stereocenters. The van der Waals surface area contributed by atoms with Gasteiger partial charge in [0.15, 0.2) is 0 Å². The molecule has 0 aliphatic carbocycles. The van der Waals surface area contributed by atoms with Crippen LogP contribution in [0.1, 0.15) is 50.0 Å². The van der Waals surface area contributed by atoms with Crippen molar-refractivity contribution >= 4 is 5.91 Å². The van der Waals surface area contributed by atoms with Crippen LogP contribution in [0.15, 0.2) is 24.3 Å². The van der Waals surface area contributed by atoms with Crippen molar-refractivity contribution in [2.45, 2.75) is 45.6 Å². The Bertz CT molecular complexity index is 463. The van der Waals surface area contributed by atoms with Crippen LogP contribution in [-0.4, -0.2) is 11.9 Å². The Hall–Kier alpha value is -1.75. The van der Waals surface area contributed by atoms with E-state index in [-0.39, 0.29) is 17.4 Å². The second-order valence-electron chi connectivity index (χ2n) is 5.40. The number of carbonyl (C=O) groups is 1. The highest BCUT2D eigenvalue weighted by Gasteiger charge is 2.21. The van der Waals surface area contributed by atoms with Crippen LogP contribution in [0.5, 0.6) is 0 Å². The molecule has 0 radical (unpaired) electrons. The zero-order valence-electron chi connectivity index (χ0n) is 11.6. The Morgan fingerprint density at radius 2 is 2.00 bits per heavy atom. The lowest BCUT2D eigenvalue weighted by Gasteiger charge is -2.23. The topological polar surface area (TPSA) is 29.1 Å². The summed E-state index contributed by atoms with van der Waals surface area (Å²) in [6, 6.07) is 7.47. The summed E-state index contributed by atoms with van der Waals surface area (Å²) in [5.74, 6) is 2.49. The van der Waals surface area contributed by atoms with Crippen LogP contribution >= 0.6 is 0 Å². The van der Waals surface area contributed by atoms with Gasteiger partial charge in [-0.1, -0.05) is 51.8 Å². The van der Waals surface area contributed by atoms with E-state index in [1.807, 2.05) is 31.2 Å². The fraction of sp³-hybridized carbons (Fsp3) is 0.438. The zero-order valence-corrected chi connectivity index (χ0v) is 11.6. The standard InChI is InChI=1S/C16H21NO/c1-6-12(7-2)17-15(18)13-10-8-9-11-14(13)16(3,4)5/h1,8-12H,7H2,2-5H3,(H,17,18). The molecule has 1 aromatic rings. The number of terminal acetylenes is 1. The SMILES string of the molecule is C#CC(CC)NC(=O)c1ccccc1C(C)(C)C. The third kappa shape index (κ3) is 3.37. The Morgan fingerprint density at radius 3 is 2.50 bits per heavy atom. The molecule has 18 heavy (non-hydrogen) atoms. The zero-order chi connectivity index (χ0) is 13.8. The van der Waals surface area contributed by atoms with E-state index in [9.17, 15) is 4.79 Å². The molecule has 0 heterocycles. The predicted octanol–water partition coefficient (Wildman–Crippen LogP) is 3.13. The predicted molar refractivity (Wildman–Crippen MR) is 75.5 cm³/mol. The van der Waals surface area contributed by atoms with Crippen LogP contribution in [0.3, 0.4) is 0 Å². The van der Waals surface area contributed by atoms with Crippen molar-refractivity contribution in [1.29, 1.82) is 0 Å². The molecule has 0 aromatic heterocycles. The molecule has 0 aliphatic heterocycles. The first-order valence-electron chi connectivity index (χ1n) is 6.26. The quantitative estimate of drug-likeness (QED) is 0.812. The lowest BCUT2D eigenvalue weighted by molar-refractivity contribution is 0.0943. The first-order chi connectivity index (χ1) is 8.40. The molecule has 2 heteroatoms. The number of amides is 1. The van der Waals surface area contributed by atoms with Gasteiger partial charge in [-0.25, -0.2) is 0 Å². The van der Waals surface area contributed by atoms with Gasteiger partial charge < -0.3 is 5.32 Å². The largest absolute Gasteiger partial charge is 0.338 e. The highest BCUT2D eigenvalue weighted by Crippen LogP contribution is 2.25. The third-order valence-electron chi connectivity index (χ3n) is 2.89. The second kappa shape index (κ2) is 5.73. The minimum absolute atomic E-state index is 0.0637. The normalized spacial score (nSPS) is 12.6. The first kappa shape index (κ1) is 14.3. The molecule has 0 aliphatic rings. The van der Waals surface area contributed by atoms with E-state index in [1.165, 1.54) is 0 Å². The summed E-state index contributed by atoms with van der Waals surface area (Å²) in [5, 5.41) is 2.87. The van der Waals surface area contributed by atoms with Crippen LogP contribution in [0.4, 0.5) is 0 Å². The molecule has 0 fully saturated rings. The summed E-state index contributed by atoms with van der Waals surface area (Å²) in [6.07, 6.45) is 6.10. The number of benzene rings is 1. The molecular formula is C16H21NO. The molecule has 0 saturated carbocycles. The van der Waals surface area contributed by atoms with Crippen molar-refractivity contribution in [3.8, 4) is 12.3 Å².